The monoisotopic (exact) mass is 291 g/mol. The minimum atomic E-state index is -3.17. The molecule has 2 aromatic rings. The average Bonchev–Trinajstić information content (AvgIpc) is 2.39. The second-order valence-corrected chi connectivity index (χ2v) is 6.81. The Morgan fingerprint density at radius 2 is 1.84 bits per heavy atom. The van der Waals surface area contributed by atoms with Crippen LogP contribution in [-0.2, 0) is 9.84 Å². The van der Waals surface area contributed by atoms with Crippen molar-refractivity contribution in [2.75, 3.05) is 6.26 Å². The van der Waals surface area contributed by atoms with Crippen molar-refractivity contribution in [2.24, 2.45) is 0 Å². The standard InChI is InChI=1S/C12H9N3O2S2/c1-19(16,17)11-4-2-10(3-5-11)18-12-8-14-9(6-13)7-15-12/h2-5,7-8H,1H3. The molecule has 0 spiro atoms. The molecule has 1 heterocycles. The summed E-state index contributed by atoms with van der Waals surface area (Å²) in [4.78, 5) is 9.12. The molecule has 0 amide bonds. The topological polar surface area (TPSA) is 83.7 Å². The molecule has 0 saturated carbocycles. The first-order valence-electron chi connectivity index (χ1n) is 5.19. The summed E-state index contributed by atoms with van der Waals surface area (Å²) in [6, 6.07) is 8.41. The van der Waals surface area contributed by atoms with Crippen molar-refractivity contribution in [2.45, 2.75) is 14.8 Å². The van der Waals surface area contributed by atoms with Crippen LogP contribution in [0.3, 0.4) is 0 Å². The maximum absolute atomic E-state index is 11.3. The van der Waals surface area contributed by atoms with Crippen molar-refractivity contribution in [3.05, 3.63) is 42.4 Å². The van der Waals surface area contributed by atoms with Crippen LogP contribution in [0.15, 0.2) is 51.5 Å². The van der Waals surface area contributed by atoms with Crippen LogP contribution in [0, 0.1) is 11.3 Å². The van der Waals surface area contributed by atoms with Crippen molar-refractivity contribution in [1.82, 2.24) is 9.97 Å². The van der Waals surface area contributed by atoms with E-state index in [0.29, 0.717) is 5.03 Å². The molecule has 0 radical (unpaired) electrons. The predicted molar refractivity (Wildman–Crippen MR) is 70.4 cm³/mol. The van der Waals surface area contributed by atoms with Gasteiger partial charge in [-0.05, 0) is 24.3 Å². The van der Waals surface area contributed by atoms with Gasteiger partial charge in [0, 0.05) is 11.2 Å². The van der Waals surface area contributed by atoms with E-state index >= 15 is 0 Å². The number of aromatic nitrogens is 2. The summed E-state index contributed by atoms with van der Waals surface area (Å²) < 4.78 is 22.6. The highest BCUT2D eigenvalue weighted by molar-refractivity contribution is 7.99. The zero-order chi connectivity index (χ0) is 13.9. The van der Waals surface area contributed by atoms with Crippen molar-refractivity contribution in [3.8, 4) is 6.07 Å². The normalized spacial score (nSPS) is 10.9. The van der Waals surface area contributed by atoms with Gasteiger partial charge < -0.3 is 0 Å². The molecular weight excluding hydrogens is 282 g/mol. The van der Waals surface area contributed by atoms with Crippen LogP contribution in [0.4, 0.5) is 0 Å². The Morgan fingerprint density at radius 3 is 2.32 bits per heavy atom. The Labute approximate surface area is 115 Å². The molecule has 2 rings (SSSR count). The smallest absolute Gasteiger partial charge is 0.175 e. The number of nitriles is 1. The van der Waals surface area contributed by atoms with Gasteiger partial charge in [0.15, 0.2) is 15.5 Å². The van der Waals surface area contributed by atoms with Crippen LogP contribution >= 0.6 is 11.8 Å². The molecule has 0 aliphatic heterocycles. The van der Waals surface area contributed by atoms with E-state index in [2.05, 4.69) is 9.97 Å². The zero-order valence-corrected chi connectivity index (χ0v) is 11.6. The third kappa shape index (κ3) is 3.53. The van der Waals surface area contributed by atoms with E-state index in [0.717, 1.165) is 4.90 Å². The Balaban J connectivity index is 2.17. The van der Waals surface area contributed by atoms with E-state index in [1.807, 2.05) is 6.07 Å². The van der Waals surface area contributed by atoms with Crippen molar-refractivity contribution in [3.63, 3.8) is 0 Å². The van der Waals surface area contributed by atoms with Gasteiger partial charge in [-0.15, -0.1) is 0 Å². The van der Waals surface area contributed by atoms with Crippen LogP contribution in [0.1, 0.15) is 5.69 Å². The summed E-state index contributed by atoms with van der Waals surface area (Å²) >= 11 is 1.35. The Morgan fingerprint density at radius 1 is 1.16 bits per heavy atom. The largest absolute Gasteiger partial charge is 0.245 e. The third-order valence-electron chi connectivity index (χ3n) is 2.22. The van der Waals surface area contributed by atoms with E-state index in [1.54, 1.807) is 24.3 Å². The summed E-state index contributed by atoms with van der Waals surface area (Å²) in [5.74, 6) is 0. The van der Waals surface area contributed by atoms with Gasteiger partial charge >= 0.3 is 0 Å². The molecule has 96 valence electrons. The molecule has 0 unspecified atom stereocenters. The number of nitrogens with zero attached hydrogens (tertiary/aromatic N) is 3. The van der Waals surface area contributed by atoms with Crippen molar-refractivity contribution in [1.29, 1.82) is 5.26 Å². The lowest BCUT2D eigenvalue weighted by Gasteiger charge is -2.02. The fourth-order valence-corrected chi connectivity index (χ4v) is 2.66. The Bertz CT molecular complexity index is 717. The fraction of sp³-hybridized carbons (Fsp3) is 0.0833. The average molecular weight is 291 g/mol. The molecule has 0 aliphatic carbocycles. The lowest BCUT2D eigenvalue weighted by molar-refractivity contribution is 0.602. The second kappa shape index (κ2) is 5.38. The number of rotatable bonds is 3. The van der Waals surface area contributed by atoms with Gasteiger partial charge in [0.2, 0.25) is 0 Å². The Kier molecular flexibility index (Phi) is 3.83. The first-order valence-corrected chi connectivity index (χ1v) is 7.90. The summed E-state index contributed by atoms with van der Waals surface area (Å²) in [5.41, 5.74) is 0.261. The molecular formula is C12H9N3O2S2. The van der Waals surface area contributed by atoms with Gasteiger partial charge in [0.1, 0.15) is 11.1 Å². The summed E-state index contributed by atoms with van der Waals surface area (Å²) in [6.45, 7) is 0. The molecule has 0 fully saturated rings. The summed E-state index contributed by atoms with van der Waals surface area (Å²) in [5, 5.41) is 9.25. The maximum Gasteiger partial charge on any atom is 0.175 e. The molecule has 7 heteroatoms. The summed E-state index contributed by atoms with van der Waals surface area (Å²) in [6.07, 6.45) is 4.07. The van der Waals surface area contributed by atoms with Crippen LogP contribution in [0.25, 0.3) is 0 Å². The van der Waals surface area contributed by atoms with Crippen LogP contribution in [0.2, 0.25) is 0 Å². The van der Waals surface area contributed by atoms with Gasteiger partial charge in [0.05, 0.1) is 17.3 Å². The highest BCUT2D eigenvalue weighted by atomic mass is 32.2. The summed E-state index contributed by atoms with van der Waals surface area (Å²) in [7, 11) is -3.17. The highest BCUT2D eigenvalue weighted by Crippen LogP contribution is 2.26. The van der Waals surface area contributed by atoms with Crippen LogP contribution in [0.5, 0.6) is 0 Å². The highest BCUT2D eigenvalue weighted by Gasteiger charge is 2.07. The molecule has 0 bridgehead atoms. The van der Waals surface area contributed by atoms with Crippen molar-refractivity contribution >= 4 is 21.6 Å². The molecule has 1 aromatic heterocycles. The van der Waals surface area contributed by atoms with Gasteiger partial charge in [-0.2, -0.15) is 5.26 Å². The van der Waals surface area contributed by atoms with Gasteiger partial charge in [-0.25, -0.2) is 18.4 Å². The predicted octanol–water partition coefficient (Wildman–Crippen LogP) is 1.90. The maximum atomic E-state index is 11.3. The number of benzene rings is 1. The van der Waals surface area contributed by atoms with Crippen LogP contribution < -0.4 is 0 Å². The first kappa shape index (κ1) is 13.5. The van der Waals surface area contributed by atoms with Gasteiger partial charge in [0.25, 0.3) is 0 Å². The minimum absolute atomic E-state index is 0.261. The molecule has 0 aliphatic rings. The van der Waals surface area contributed by atoms with E-state index in [4.69, 9.17) is 5.26 Å². The lowest BCUT2D eigenvalue weighted by atomic mass is 10.4. The first-order chi connectivity index (χ1) is 8.99. The Hall–Kier alpha value is -1.91. The van der Waals surface area contributed by atoms with E-state index < -0.39 is 9.84 Å². The minimum Gasteiger partial charge on any atom is -0.245 e. The number of hydrogen-bond acceptors (Lipinski definition) is 6. The van der Waals surface area contributed by atoms with E-state index in [1.165, 1.54) is 30.4 Å². The third-order valence-corrected chi connectivity index (χ3v) is 4.27. The van der Waals surface area contributed by atoms with E-state index in [-0.39, 0.29) is 10.6 Å². The van der Waals surface area contributed by atoms with Crippen LogP contribution in [-0.4, -0.2) is 24.6 Å². The van der Waals surface area contributed by atoms with Gasteiger partial charge in [-0.3, -0.25) is 0 Å². The zero-order valence-electron chi connectivity index (χ0n) is 9.94. The fourth-order valence-electron chi connectivity index (χ4n) is 1.30. The number of hydrogen-bond donors (Lipinski definition) is 0. The van der Waals surface area contributed by atoms with Gasteiger partial charge in [-0.1, -0.05) is 11.8 Å². The second-order valence-electron chi connectivity index (χ2n) is 3.70. The molecule has 5 nitrogen and oxygen atoms in total. The molecule has 19 heavy (non-hydrogen) atoms. The molecule has 0 N–H and O–H groups in total. The lowest BCUT2D eigenvalue weighted by Crippen LogP contribution is -1.96. The number of sulfone groups is 1. The quantitative estimate of drug-likeness (QED) is 0.858. The molecule has 1 aromatic carbocycles. The van der Waals surface area contributed by atoms with Crippen molar-refractivity contribution < 1.29 is 8.42 Å². The molecule has 0 saturated heterocycles. The SMILES string of the molecule is CS(=O)(=O)c1ccc(Sc2cnc(C#N)cn2)cc1. The molecule has 0 atom stereocenters. The van der Waals surface area contributed by atoms with E-state index in [9.17, 15) is 8.42 Å².